The molecule has 0 saturated heterocycles. The highest BCUT2D eigenvalue weighted by Crippen LogP contribution is 2.21. The second-order valence-corrected chi connectivity index (χ2v) is 4.26. The van der Waals surface area contributed by atoms with E-state index in [1.54, 1.807) is 0 Å². The Balaban J connectivity index is 2.45. The van der Waals surface area contributed by atoms with Gasteiger partial charge in [-0.3, -0.25) is 4.79 Å². The minimum absolute atomic E-state index is 0.111. The van der Waals surface area contributed by atoms with E-state index in [1.807, 2.05) is 18.9 Å². The Labute approximate surface area is 86.6 Å². The largest absolute Gasteiger partial charge is 0.341 e. The topological polar surface area (TPSA) is 46.3 Å². The lowest BCUT2D eigenvalue weighted by atomic mass is 9.94. The lowest BCUT2D eigenvalue weighted by Crippen LogP contribution is -2.46. The molecule has 0 heterocycles. The molecule has 1 amide bonds. The zero-order valence-electron chi connectivity index (χ0n) is 9.33. The minimum atomic E-state index is -0.304. The van der Waals surface area contributed by atoms with Crippen molar-refractivity contribution in [3.8, 4) is 0 Å². The summed E-state index contributed by atoms with van der Waals surface area (Å²) in [5.74, 6) is 0.111. The Morgan fingerprint density at radius 2 is 2.00 bits per heavy atom. The van der Waals surface area contributed by atoms with Crippen molar-refractivity contribution in [3.63, 3.8) is 0 Å². The minimum Gasteiger partial charge on any atom is -0.341 e. The van der Waals surface area contributed by atoms with Gasteiger partial charge in [-0.25, -0.2) is 0 Å². The first kappa shape index (κ1) is 11.5. The van der Waals surface area contributed by atoms with Gasteiger partial charge in [0, 0.05) is 13.1 Å². The molecule has 3 nitrogen and oxygen atoms in total. The van der Waals surface area contributed by atoms with Crippen LogP contribution in [-0.4, -0.2) is 29.9 Å². The summed E-state index contributed by atoms with van der Waals surface area (Å²) in [6.07, 6.45) is 6.86. The predicted molar refractivity (Wildman–Crippen MR) is 57.9 cm³/mol. The highest BCUT2D eigenvalue weighted by Gasteiger charge is 2.24. The fraction of sp³-hybridized carbons (Fsp3) is 0.909. The van der Waals surface area contributed by atoms with Gasteiger partial charge in [-0.2, -0.15) is 0 Å². The van der Waals surface area contributed by atoms with Crippen molar-refractivity contribution in [2.45, 2.75) is 57.5 Å². The van der Waals surface area contributed by atoms with Crippen LogP contribution in [0.1, 0.15) is 45.4 Å². The van der Waals surface area contributed by atoms with E-state index < -0.39 is 0 Å². The molecule has 0 radical (unpaired) electrons. The molecule has 0 aliphatic heterocycles. The molecule has 0 spiro atoms. The molecule has 2 N–H and O–H groups in total. The Morgan fingerprint density at radius 3 is 2.50 bits per heavy atom. The first-order valence-electron chi connectivity index (χ1n) is 5.69. The zero-order chi connectivity index (χ0) is 10.6. The molecule has 1 fully saturated rings. The summed E-state index contributed by atoms with van der Waals surface area (Å²) in [4.78, 5) is 13.6. The number of carbonyl (C=O) groups excluding carboxylic acids is 1. The van der Waals surface area contributed by atoms with Gasteiger partial charge in [-0.1, -0.05) is 26.2 Å². The van der Waals surface area contributed by atoms with Crippen molar-refractivity contribution in [2.75, 3.05) is 7.05 Å². The molecule has 0 bridgehead atoms. The maximum atomic E-state index is 11.8. The second kappa shape index (κ2) is 5.35. The van der Waals surface area contributed by atoms with Crippen molar-refractivity contribution < 1.29 is 4.79 Å². The molecule has 1 saturated carbocycles. The van der Waals surface area contributed by atoms with E-state index in [0.29, 0.717) is 6.04 Å². The molecule has 1 aliphatic rings. The predicted octanol–water partition coefficient (Wildman–Crippen LogP) is 1.51. The SMILES string of the molecule is CC[C@@H](N)C(=O)N(C)C1CCCCC1. The summed E-state index contributed by atoms with van der Waals surface area (Å²) in [5.41, 5.74) is 5.73. The molecule has 0 unspecified atom stereocenters. The maximum absolute atomic E-state index is 11.8. The van der Waals surface area contributed by atoms with Gasteiger partial charge in [-0.15, -0.1) is 0 Å². The highest BCUT2D eigenvalue weighted by molar-refractivity contribution is 5.81. The summed E-state index contributed by atoms with van der Waals surface area (Å²) in [6, 6.07) is 0.135. The number of likely N-dealkylation sites (N-methyl/N-ethyl adjacent to an activating group) is 1. The summed E-state index contributed by atoms with van der Waals surface area (Å²) < 4.78 is 0. The normalized spacial score (nSPS) is 20.5. The summed E-state index contributed by atoms with van der Waals surface area (Å²) in [7, 11) is 1.90. The lowest BCUT2D eigenvalue weighted by molar-refractivity contribution is -0.134. The molecule has 0 aromatic rings. The summed E-state index contributed by atoms with van der Waals surface area (Å²) >= 11 is 0. The number of nitrogens with zero attached hydrogens (tertiary/aromatic N) is 1. The van der Waals surface area contributed by atoms with Gasteiger partial charge in [0.25, 0.3) is 0 Å². The molecule has 82 valence electrons. The van der Waals surface area contributed by atoms with E-state index >= 15 is 0 Å². The van der Waals surface area contributed by atoms with Gasteiger partial charge in [0.1, 0.15) is 0 Å². The van der Waals surface area contributed by atoms with Crippen molar-refractivity contribution in [2.24, 2.45) is 5.73 Å². The second-order valence-electron chi connectivity index (χ2n) is 4.26. The number of carbonyl (C=O) groups is 1. The van der Waals surface area contributed by atoms with Crippen molar-refractivity contribution >= 4 is 5.91 Å². The average Bonchev–Trinajstić information content (AvgIpc) is 2.27. The molecule has 1 rings (SSSR count). The van der Waals surface area contributed by atoms with E-state index in [4.69, 9.17) is 5.73 Å². The molecule has 14 heavy (non-hydrogen) atoms. The zero-order valence-corrected chi connectivity index (χ0v) is 9.33. The third kappa shape index (κ3) is 2.71. The van der Waals surface area contributed by atoms with Crippen LogP contribution in [0.2, 0.25) is 0 Å². The standard InChI is InChI=1S/C11H22N2O/c1-3-10(12)11(14)13(2)9-7-5-4-6-8-9/h9-10H,3-8,12H2,1-2H3/t10-/m1/s1. The monoisotopic (exact) mass is 198 g/mol. The number of amides is 1. The van der Waals surface area contributed by atoms with E-state index in [2.05, 4.69) is 0 Å². The molecule has 1 atom stereocenters. The number of hydrogen-bond acceptors (Lipinski definition) is 2. The molecule has 3 heteroatoms. The van der Waals surface area contributed by atoms with Gasteiger partial charge >= 0.3 is 0 Å². The van der Waals surface area contributed by atoms with Crippen LogP contribution in [0.15, 0.2) is 0 Å². The van der Waals surface area contributed by atoms with Crippen LogP contribution in [-0.2, 0) is 4.79 Å². The Hall–Kier alpha value is -0.570. The number of nitrogens with two attached hydrogens (primary N) is 1. The van der Waals surface area contributed by atoms with Crippen molar-refractivity contribution in [1.29, 1.82) is 0 Å². The van der Waals surface area contributed by atoms with Crippen LogP contribution in [0.25, 0.3) is 0 Å². The molecule has 0 aromatic carbocycles. The Kier molecular flexibility index (Phi) is 4.39. The van der Waals surface area contributed by atoms with Crippen LogP contribution in [0.4, 0.5) is 0 Å². The smallest absolute Gasteiger partial charge is 0.239 e. The van der Waals surface area contributed by atoms with E-state index in [-0.39, 0.29) is 11.9 Å². The van der Waals surface area contributed by atoms with Crippen LogP contribution in [0.3, 0.4) is 0 Å². The lowest BCUT2D eigenvalue weighted by Gasteiger charge is -2.32. The third-order valence-corrected chi connectivity index (χ3v) is 3.23. The van der Waals surface area contributed by atoms with Gasteiger partial charge in [-0.05, 0) is 19.3 Å². The molecule has 1 aliphatic carbocycles. The van der Waals surface area contributed by atoms with E-state index in [9.17, 15) is 4.79 Å². The highest BCUT2D eigenvalue weighted by atomic mass is 16.2. The number of rotatable bonds is 3. The third-order valence-electron chi connectivity index (χ3n) is 3.23. The Bertz CT molecular complexity index is 188. The number of hydrogen-bond donors (Lipinski definition) is 1. The first-order valence-corrected chi connectivity index (χ1v) is 5.69. The van der Waals surface area contributed by atoms with Crippen LogP contribution in [0.5, 0.6) is 0 Å². The fourth-order valence-corrected chi connectivity index (χ4v) is 2.08. The molecular formula is C11H22N2O. The van der Waals surface area contributed by atoms with Crippen molar-refractivity contribution in [3.05, 3.63) is 0 Å². The summed E-state index contributed by atoms with van der Waals surface area (Å²) in [5, 5.41) is 0. The Morgan fingerprint density at radius 1 is 1.43 bits per heavy atom. The van der Waals surface area contributed by atoms with Crippen LogP contribution < -0.4 is 5.73 Å². The van der Waals surface area contributed by atoms with Crippen LogP contribution >= 0.6 is 0 Å². The first-order chi connectivity index (χ1) is 6.66. The van der Waals surface area contributed by atoms with Gasteiger partial charge in [0.2, 0.25) is 5.91 Å². The summed E-state index contributed by atoms with van der Waals surface area (Å²) in [6.45, 7) is 1.96. The quantitative estimate of drug-likeness (QED) is 0.747. The maximum Gasteiger partial charge on any atom is 0.239 e. The average molecular weight is 198 g/mol. The fourth-order valence-electron chi connectivity index (χ4n) is 2.08. The van der Waals surface area contributed by atoms with E-state index in [1.165, 1.54) is 19.3 Å². The molecular weight excluding hydrogens is 176 g/mol. The van der Waals surface area contributed by atoms with Gasteiger partial charge in [0.15, 0.2) is 0 Å². The van der Waals surface area contributed by atoms with Crippen molar-refractivity contribution in [1.82, 2.24) is 4.90 Å². The van der Waals surface area contributed by atoms with E-state index in [0.717, 1.165) is 19.3 Å². The van der Waals surface area contributed by atoms with Gasteiger partial charge < -0.3 is 10.6 Å². The van der Waals surface area contributed by atoms with Gasteiger partial charge in [0.05, 0.1) is 6.04 Å². The van der Waals surface area contributed by atoms with Crippen LogP contribution in [0, 0.1) is 0 Å². The molecule has 0 aromatic heterocycles.